The Balaban J connectivity index is 2.16. The maximum absolute atomic E-state index is 12.8. The molecule has 0 amide bonds. The van der Waals surface area contributed by atoms with Crippen LogP contribution in [0.5, 0.6) is 11.5 Å². The van der Waals surface area contributed by atoms with Crippen LogP contribution in [0.25, 0.3) is 0 Å². The molecule has 6 heteroatoms. The molecule has 6 nitrogen and oxygen atoms in total. The SMILES string of the molecule is CCCCC/C(=N/O)c1cc(O)c2c(c1O)C(=O)c1ccccc1C2=O. The van der Waals surface area contributed by atoms with E-state index in [2.05, 4.69) is 5.16 Å². The number of unbranched alkanes of at least 4 members (excludes halogenated alkanes) is 2. The maximum Gasteiger partial charge on any atom is 0.198 e. The highest BCUT2D eigenvalue weighted by molar-refractivity contribution is 6.31. The lowest BCUT2D eigenvalue weighted by Gasteiger charge is -2.21. The van der Waals surface area contributed by atoms with Crippen LogP contribution in [0.3, 0.4) is 0 Å². The zero-order valence-corrected chi connectivity index (χ0v) is 14.3. The predicted molar refractivity (Wildman–Crippen MR) is 95.5 cm³/mol. The fraction of sp³-hybridized carbons (Fsp3) is 0.250. The summed E-state index contributed by atoms with van der Waals surface area (Å²) in [5, 5.41) is 33.6. The molecule has 3 N–H and O–H groups in total. The molecule has 1 aliphatic carbocycles. The fourth-order valence-corrected chi connectivity index (χ4v) is 3.26. The number of carbonyl (C=O) groups excluding carboxylic acids is 2. The third kappa shape index (κ3) is 2.73. The van der Waals surface area contributed by atoms with E-state index >= 15 is 0 Å². The van der Waals surface area contributed by atoms with Crippen LogP contribution in [-0.2, 0) is 0 Å². The molecule has 0 saturated heterocycles. The molecule has 3 rings (SSSR count). The van der Waals surface area contributed by atoms with Crippen LogP contribution in [0.15, 0.2) is 35.5 Å². The van der Waals surface area contributed by atoms with Crippen molar-refractivity contribution in [2.75, 3.05) is 0 Å². The molecular weight excluding hydrogens is 334 g/mol. The Kier molecular flexibility index (Phi) is 4.75. The van der Waals surface area contributed by atoms with Crippen LogP contribution in [-0.4, -0.2) is 32.7 Å². The molecule has 0 radical (unpaired) electrons. The summed E-state index contributed by atoms with van der Waals surface area (Å²) in [5.74, 6) is -1.94. The number of nitrogens with zero attached hydrogens (tertiary/aromatic N) is 1. The van der Waals surface area contributed by atoms with Gasteiger partial charge in [0.25, 0.3) is 0 Å². The van der Waals surface area contributed by atoms with Gasteiger partial charge in [0.05, 0.1) is 16.8 Å². The minimum atomic E-state index is -0.546. The maximum atomic E-state index is 12.8. The molecule has 0 aliphatic heterocycles. The molecule has 134 valence electrons. The van der Waals surface area contributed by atoms with Gasteiger partial charge in [-0.15, -0.1) is 0 Å². The monoisotopic (exact) mass is 353 g/mol. The third-order valence-electron chi connectivity index (χ3n) is 4.60. The summed E-state index contributed by atoms with van der Waals surface area (Å²) in [5.41, 5.74) is 0.103. The van der Waals surface area contributed by atoms with Crippen LogP contribution in [0.1, 0.15) is 70.0 Å². The number of hydrogen-bond donors (Lipinski definition) is 3. The van der Waals surface area contributed by atoms with Gasteiger partial charge in [-0.2, -0.15) is 0 Å². The van der Waals surface area contributed by atoms with E-state index in [9.17, 15) is 25.0 Å². The third-order valence-corrected chi connectivity index (χ3v) is 4.60. The molecule has 0 atom stereocenters. The van der Waals surface area contributed by atoms with E-state index in [0.717, 1.165) is 19.3 Å². The Morgan fingerprint density at radius 3 is 2.19 bits per heavy atom. The first kappa shape index (κ1) is 17.7. The number of phenols is 2. The number of aromatic hydroxyl groups is 2. The van der Waals surface area contributed by atoms with Crippen LogP contribution < -0.4 is 0 Å². The van der Waals surface area contributed by atoms with Crippen LogP contribution >= 0.6 is 0 Å². The first-order valence-corrected chi connectivity index (χ1v) is 8.49. The highest BCUT2D eigenvalue weighted by Gasteiger charge is 2.36. The van der Waals surface area contributed by atoms with Gasteiger partial charge in [-0.25, -0.2) is 0 Å². The molecule has 2 aromatic rings. The van der Waals surface area contributed by atoms with Crippen molar-refractivity contribution in [1.82, 2.24) is 0 Å². The van der Waals surface area contributed by atoms with Gasteiger partial charge < -0.3 is 15.4 Å². The zero-order chi connectivity index (χ0) is 18.8. The molecule has 0 aromatic heterocycles. The lowest BCUT2D eigenvalue weighted by atomic mass is 9.81. The quantitative estimate of drug-likeness (QED) is 0.213. The molecule has 0 heterocycles. The average molecular weight is 353 g/mol. The molecule has 2 aromatic carbocycles. The number of fused-ring (bicyclic) bond motifs is 2. The van der Waals surface area contributed by atoms with Gasteiger partial charge in [-0.05, 0) is 18.9 Å². The second kappa shape index (κ2) is 7.00. The minimum absolute atomic E-state index is 0.0559. The summed E-state index contributed by atoms with van der Waals surface area (Å²) >= 11 is 0. The van der Waals surface area contributed by atoms with Gasteiger partial charge in [-0.3, -0.25) is 9.59 Å². The van der Waals surface area contributed by atoms with E-state index in [-0.39, 0.29) is 33.5 Å². The Bertz CT molecular complexity index is 930. The van der Waals surface area contributed by atoms with Crippen molar-refractivity contribution in [3.05, 3.63) is 58.1 Å². The summed E-state index contributed by atoms with van der Waals surface area (Å²) in [6.07, 6.45) is 2.96. The van der Waals surface area contributed by atoms with Gasteiger partial charge in [0, 0.05) is 16.7 Å². The number of carbonyl (C=O) groups is 2. The van der Waals surface area contributed by atoms with E-state index in [4.69, 9.17) is 0 Å². The second-order valence-corrected chi connectivity index (χ2v) is 6.25. The number of hydrogen-bond acceptors (Lipinski definition) is 6. The molecule has 26 heavy (non-hydrogen) atoms. The Morgan fingerprint density at radius 2 is 1.62 bits per heavy atom. The van der Waals surface area contributed by atoms with Crippen molar-refractivity contribution in [1.29, 1.82) is 0 Å². The van der Waals surface area contributed by atoms with Gasteiger partial charge >= 0.3 is 0 Å². The minimum Gasteiger partial charge on any atom is -0.507 e. The molecular formula is C20H19NO5. The number of rotatable bonds is 5. The fourth-order valence-electron chi connectivity index (χ4n) is 3.26. The number of ketones is 2. The van der Waals surface area contributed by atoms with E-state index in [1.165, 1.54) is 18.2 Å². The van der Waals surface area contributed by atoms with Crippen LogP contribution in [0.2, 0.25) is 0 Å². The molecule has 0 unspecified atom stereocenters. The van der Waals surface area contributed by atoms with Gasteiger partial charge in [0.15, 0.2) is 11.6 Å². The largest absolute Gasteiger partial charge is 0.507 e. The summed E-state index contributed by atoms with van der Waals surface area (Å²) in [4.78, 5) is 25.5. The first-order valence-electron chi connectivity index (χ1n) is 8.49. The smallest absolute Gasteiger partial charge is 0.198 e. The molecule has 0 spiro atoms. The normalized spacial score (nSPS) is 13.5. The lowest BCUT2D eigenvalue weighted by Crippen LogP contribution is -2.22. The predicted octanol–water partition coefficient (Wildman–Crippen LogP) is 3.63. The average Bonchev–Trinajstić information content (AvgIpc) is 2.65. The molecule has 0 saturated carbocycles. The van der Waals surface area contributed by atoms with Gasteiger partial charge in [-0.1, -0.05) is 49.2 Å². The van der Waals surface area contributed by atoms with Crippen molar-refractivity contribution < 1.29 is 25.0 Å². The molecule has 0 fully saturated rings. The summed E-state index contributed by atoms with van der Waals surface area (Å²) in [7, 11) is 0. The van der Waals surface area contributed by atoms with E-state index in [1.54, 1.807) is 12.1 Å². The van der Waals surface area contributed by atoms with Crippen molar-refractivity contribution in [2.24, 2.45) is 5.16 Å². The van der Waals surface area contributed by atoms with Crippen molar-refractivity contribution in [3.63, 3.8) is 0 Å². The summed E-state index contributed by atoms with van der Waals surface area (Å²) in [6.45, 7) is 2.03. The Morgan fingerprint density at radius 1 is 1.00 bits per heavy atom. The number of phenolic OH excluding ortho intramolecular Hbond substituents is 2. The van der Waals surface area contributed by atoms with E-state index in [1.807, 2.05) is 6.92 Å². The van der Waals surface area contributed by atoms with Gasteiger partial charge in [0.2, 0.25) is 0 Å². The first-order chi connectivity index (χ1) is 12.5. The number of oxime groups is 1. The second-order valence-electron chi connectivity index (χ2n) is 6.25. The molecule has 0 bridgehead atoms. The highest BCUT2D eigenvalue weighted by Crippen LogP contribution is 2.40. The summed E-state index contributed by atoms with van der Waals surface area (Å²) in [6, 6.07) is 7.44. The zero-order valence-electron chi connectivity index (χ0n) is 14.3. The van der Waals surface area contributed by atoms with Crippen LogP contribution in [0, 0.1) is 0 Å². The van der Waals surface area contributed by atoms with E-state index < -0.39 is 23.1 Å². The van der Waals surface area contributed by atoms with Gasteiger partial charge in [0.1, 0.15) is 11.5 Å². The standard InChI is InChI=1S/C20H19NO5/c1-2-3-4-9-14(21-26)13-10-15(22)16-17(20(13)25)19(24)12-8-6-5-7-11(12)18(16)23/h5-8,10,22,25-26H,2-4,9H2,1H3/b21-14-. The van der Waals surface area contributed by atoms with E-state index in [0.29, 0.717) is 6.42 Å². The van der Waals surface area contributed by atoms with Crippen molar-refractivity contribution >= 4 is 17.3 Å². The summed E-state index contributed by atoms with van der Waals surface area (Å²) < 4.78 is 0. The topological polar surface area (TPSA) is 107 Å². The van der Waals surface area contributed by atoms with Crippen molar-refractivity contribution in [3.8, 4) is 11.5 Å². The van der Waals surface area contributed by atoms with Crippen molar-refractivity contribution in [2.45, 2.75) is 32.6 Å². The highest BCUT2D eigenvalue weighted by atomic mass is 16.4. The lowest BCUT2D eigenvalue weighted by molar-refractivity contribution is 0.0974. The Labute approximate surface area is 150 Å². The molecule has 1 aliphatic rings. The number of benzene rings is 2. The Hall–Kier alpha value is -3.15. The van der Waals surface area contributed by atoms with Crippen LogP contribution in [0.4, 0.5) is 0 Å².